The van der Waals surface area contributed by atoms with E-state index in [1.807, 2.05) is 12.1 Å². The summed E-state index contributed by atoms with van der Waals surface area (Å²) in [6.07, 6.45) is 3.36. The van der Waals surface area contributed by atoms with Crippen LogP contribution in [0.2, 0.25) is 0 Å². The van der Waals surface area contributed by atoms with E-state index in [1.54, 1.807) is 21.3 Å². The smallest absolute Gasteiger partial charge is 0.220 e. The highest BCUT2D eigenvalue weighted by molar-refractivity contribution is 5.76. The molecule has 1 aromatic carbocycles. The number of carbonyl (C=O) groups is 1. The van der Waals surface area contributed by atoms with Gasteiger partial charge in [-0.1, -0.05) is 19.9 Å². The average Bonchev–Trinajstić information content (AvgIpc) is 2.69. The third-order valence-corrected chi connectivity index (χ3v) is 5.12. The standard InChI is InChI=1S/C21H33NO5/c1-14(2)19-16(7-6-12-27-19)13-22-18(23)11-9-15-8-10-17(24-3)21(26-5)20(15)25-4/h8,10,14,16,19H,6-7,9,11-13H2,1-5H3,(H,22,23)/t16-,19+/m1/s1. The Labute approximate surface area is 162 Å². The van der Waals surface area contributed by atoms with Gasteiger partial charge in [-0.25, -0.2) is 0 Å². The number of carbonyl (C=O) groups excluding carboxylic acids is 1. The Morgan fingerprint density at radius 3 is 2.56 bits per heavy atom. The zero-order valence-electron chi connectivity index (χ0n) is 17.2. The van der Waals surface area contributed by atoms with Crippen molar-refractivity contribution in [2.45, 2.75) is 45.6 Å². The van der Waals surface area contributed by atoms with Crippen molar-refractivity contribution in [2.75, 3.05) is 34.5 Å². The molecule has 6 heteroatoms. The Balaban J connectivity index is 1.92. The summed E-state index contributed by atoms with van der Waals surface area (Å²) in [7, 11) is 4.76. The van der Waals surface area contributed by atoms with Crippen LogP contribution in [0.4, 0.5) is 0 Å². The van der Waals surface area contributed by atoms with Crippen molar-refractivity contribution in [3.63, 3.8) is 0 Å². The first kappa shape index (κ1) is 21.4. The molecule has 0 bridgehead atoms. The van der Waals surface area contributed by atoms with Gasteiger partial charge in [-0.05, 0) is 36.8 Å². The van der Waals surface area contributed by atoms with Gasteiger partial charge in [0.25, 0.3) is 0 Å². The SMILES string of the molecule is COc1ccc(CCC(=O)NC[C@H]2CCCO[C@H]2C(C)C)c(OC)c1OC. The van der Waals surface area contributed by atoms with Crippen molar-refractivity contribution < 1.29 is 23.7 Å². The van der Waals surface area contributed by atoms with Crippen molar-refractivity contribution in [1.82, 2.24) is 5.32 Å². The van der Waals surface area contributed by atoms with Gasteiger partial charge in [0.15, 0.2) is 11.5 Å². The van der Waals surface area contributed by atoms with E-state index in [2.05, 4.69) is 19.2 Å². The molecule has 0 saturated carbocycles. The van der Waals surface area contributed by atoms with Crippen LogP contribution in [0.15, 0.2) is 12.1 Å². The molecule has 0 aromatic heterocycles. The molecule has 0 unspecified atom stereocenters. The molecule has 1 amide bonds. The van der Waals surface area contributed by atoms with Crippen LogP contribution in [0.3, 0.4) is 0 Å². The summed E-state index contributed by atoms with van der Waals surface area (Å²) in [6.45, 7) is 5.85. The van der Waals surface area contributed by atoms with Gasteiger partial charge in [-0.3, -0.25) is 4.79 Å². The molecule has 0 radical (unpaired) electrons. The van der Waals surface area contributed by atoms with Gasteiger partial charge in [0.05, 0.1) is 27.4 Å². The van der Waals surface area contributed by atoms with E-state index in [0.29, 0.717) is 48.5 Å². The number of hydrogen-bond acceptors (Lipinski definition) is 5. The number of ether oxygens (including phenoxy) is 4. The fourth-order valence-electron chi connectivity index (χ4n) is 3.76. The normalized spacial score (nSPS) is 19.6. The van der Waals surface area contributed by atoms with Crippen LogP contribution in [0.25, 0.3) is 0 Å². The van der Waals surface area contributed by atoms with Crippen LogP contribution in [0, 0.1) is 11.8 Å². The van der Waals surface area contributed by atoms with Gasteiger partial charge in [0.2, 0.25) is 11.7 Å². The molecule has 1 saturated heterocycles. The summed E-state index contributed by atoms with van der Waals surface area (Å²) in [5, 5.41) is 3.08. The Kier molecular flexibility index (Phi) is 8.23. The zero-order chi connectivity index (χ0) is 19.8. The van der Waals surface area contributed by atoms with Crippen molar-refractivity contribution in [3.8, 4) is 17.2 Å². The highest BCUT2D eigenvalue weighted by Gasteiger charge is 2.28. The maximum absolute atomic E-state index is 12.4. The minimum absolute atomic E-state index is 0.0416. The molecule has 152 valence electrons. The number of benzene rings is 1. The van der Waals surface area contributed by atoms with Crippen molar-refractivity contribution in [2.24, 2.45) is 11.8 Å². The highest BCUT2D eigenvalue weighted by Crippen LogP contribution is 2.40. The quantitative estimate of drug-likeness (QED) is 0.714. The topological polar surface area (TPSA) is 66.0 Å². The van der Waals surface area contributed by atoms with Gasteiger partial charge in [0.1, 0.15) is 0 Å². The molecule has 2 atom stereocenters. The summed E-state index contributed by atoms with van der Waals surface area (Å²) in [5.41, 5.74) is 0.923. The molecular weight excluding hydrogens is 346 g/mol. The van der Waals surface area contributed by atoms with E-state index >= 15 is 0 Å². The van der Waals surface area contributed by atoms with Crippen LogP contribution in [0.1, 0.15) is 38.7 Å². The minimum atomic E-state index is 0.0416. The van der Waals surface area contributed by atoms with E-state index in [0.717, 1.165) is 25.0 Å². The van der Waals surface area contributed by atoms with Gasteiger partial charge in [-0.2, -0.15) is 0 Å². The summed E-state index contributed by atoms with van der Waals surface area (Å²) in [5.74, 6) is 2.67. The third-order valence-electron chi connectivity index (χ3n) is 5.12. The monoisotopic (exact) mass is 379 g/mol. The van der Waals surface area contributed by atoms with Crippen molar-refractivity contribution in [1.29, 1.82) is 0 Å². The second-order valence-electron chi connectivity index (χ2n) is 7.28. The maximum atomic E-state index is 12.4. The number of rotatable bonds is 9. The van der Waals surface area contributed by atoms with Gasteiger partial charge in [0, 0.05) is 25.5 Å². The third kappa shape index (κ3) is 5.51. The van der Waals surface area contributed by atoms with E-state index in [-0.39, 0.29) is 12.0 Å². The fraction of sp³-hybridized carbons (Fsp3) is 0.667. The molecule has 0 aliphatic carbocycles. The molecule has 6 nitrogen and oxygen atoms in total. The van der Waals surface area contributed by atoms with Crippen molar-refractivity contribution >= 4 is 5.91 Å². The minimum Gasteiger partial charge on any atom is -0.493 e. The Hall–Kier alpha value is -1.95. The summed E-state index contributed by atoms with van der Waals surface area (Å²) < 4.78 is 22.1. The lowest BCUT2D eigenvalue weighted by Crippen LogP contribution is -2.41. The molecule has 1 heterocycles. The number of hydrogen-bond donors (Lipinski definition) is 1. The van der Waals surface area contributed by atoms with E-state index in [1.165, 1.54) is 0 Å². The number of nitrogens with one attached hydrogen (secondary N) is 1. The summed E-state index contributed by atoms with van der Waals surface area (Å²) in [4.78, 5) is 12.4. The Morgan fingerprint density at radius 2 is 1.93 bits per heavy atom. The second-order valence-corrected chi connectivity index (χ2v) is 7.28. The summed E-state index contributed by atoms with van der Waals surface area (Å²) in [6, 6.07) is 3.75. The molecule has 2 rings (SSSR count). The second kappa shape index (κ2) is 10.4. The molecule has 27 heavy (non-hydrogen) atoms. The lowest BCUT2D eigenvalue weighted by Gasteiger charge is -2.34. The maximum Gasteiger partial charge on any atom is 0.220 e. The average molecular weight is 379 g/mol. The molecule has 1 aromatic rings. The molecule has 1 N–H and O–H groups in total. The fourth-order valence-corrected chi connectivity index (χ4v) is 3.76. The van der Waals surface area contributed by atoms with Crippen LogP contribution in [-0.2, 0) is 16.0 Å². The highest BCUT2D eigenvalue weighted by atomic mass is 16.5. The zero-order valence-corrected chi connectivity index (χ0v) is 17.2. The van der Waals surface area contributed by atoms with Gasteiger partial charge in [-0.15, -0.1) is 0 Å². The van der Waals surface area contributed by atoms with Crippen LogP contribution < -0.4 is 19.5 Å². The van der Waals surface area contributed by atoms with E-state index in [4.69, 9.17) is 18.9 Å². The van der Waals surface area contributed by atoms with Crippen molar-refractivity contribution in [3.05, 3.63) is 17.7 Å². The van der Waals surface area contributed by atoms with Crippen LogP contribution in [0.5, 0.6) is 17.2 Å². The number of methoxy groups -OCH3 is 3. The van der Waals surface area contributed by atoms with E-state index in [9.17, 15) is 4.79 Å². The first-order valence-electron chi connectivity index (χ1n) is 9.67. The molecule has 1 fully saturated rings. The Bertz CT molecular complexity index is 617. The van der Waals surface area contributed by atoms with E-state index < -0.39 is 0 Å². The molecular formula is C21H33NO5. The lowest BCUT2D eigenvalue weighted by molar-refractivity contribution is -0.122. The first-order valence-corrected chi connectivity index (χ1v) is 9.67. The van der Waals surface area contributed by atoms with Crippen LogP contribution >= 0.6 is 0 Å². The number of amides is 1. The molecule has 1 aliphatic rings. The molecule has 0 spiro atoms. The lowest BCUT2D eigenvalue weighted by atomic mass is 9.87. The largest absolute Gasteiger partial charge is 0.493 e. The number of aryl methyl sites for hydroxylation is 1. The molecule has 1 aliphatic heterocycles. The predicted molar refractivity (Wildman–Crippen MR) is 105 cm³/mol. The predicted octanol–water partition coefficient (Wildman–Crippen LogP) is 3.21. The van der Waals surface area contributed by atoms with Crippen LogP contribution in [-0.4, -0.2) is 46.5 Å². The first-order chi connectivity index (χ1) is 13.0. The summed E-state index contributed by atoms with van der Waals surface area (Å²) >= 11 is 0. The van der Waals surface area contributed by atoms with Gasteiger partial charge >= 0.3 is 0 Å². The van der Waals surface area contributed by atoms with Gasteiger partial charge < -0.3 is 24.3 Å². The Morgan fingerprint density at radius 1 is 1.19 bits per heavy atom.